The van der Waals surface area contributed by atoms with E-state index in [0.717, 1.165) is 12.2 Å². The molecule has 3 atom stereocenters. The number of carbonyl (C=O) groups is 1. The van der Waals surface area contributed by atoms with Crippen molar-refractivity contribution in [3.05, 3.63) is 12.7 Å². The van der Waals surface area contributed by atoms with E-state index in [1.807, 2.05) is 13.8 Å². The van der Waals surface area contributed by atoms with E-state index in [1.54, 1.807) is 10.9 Å². The first-order valence-electron chi connectivity index (χ1n) is 17.3. The van der Waals surface area contributed by atoms with E-state index < -0.39 is 26.6 Å². The van der Waals surface area contributed by atoms with E-state index in [0.29, 0.717) is 29.9 Å². The Morgan fingerprint density at radius 2 is 1.51 bits per heavy atom. The number of carbonyl (C=O) groups excluding carboxylic acids is 1. The van der Waals surface area contributed by atoms with Crippen LogP contribution in [0.3, 0.4) is 0 Å². The Kier molecular flexibility index (Phi) is 22.3. The van der Waals surface area contributed by atoms with Crippen LogP contribution in [0.5, 0.6) is 0 Å². The van der Waals surface area contributed by atoms with E-state index >= 15 is 0 Å². The second-order valence-corrected chi connectivity index (χ2v) is 16.9. The fourth-order valence-corrected chi connectivity index (χ4v) is 7.83. The molecule has 0 saturated carbocycles. The summed E-state index contributed by atoms with van der Waals surface area (Å²) in [5.41, 5.74) is 6.95. The molecule has 2 N–H and O–H groups in total. The van der Waals surface area contributed by atoms with Crippen LogP contribution in [-0.2, 0) is 55.0 Å². The molecule has 47 heavy (non-hydrogen) atoms. The highest BCUT2D eigenvalue weighted by molar-refractivity contribution is 8.28. The minimum atomic E-state index is -3.79. The molecule has 0 aliphatic rings. The average Bonchev–Trinajstić information content (AvgIpc) is 3.46. The van der Waals surface area contributed by atoms with Crippen LogP contribution in [0, 0.1) is 0 Å². The van der Waals surface area contributed by atoms with Gasteiger partial charge in [0, 0.05) is 5.75 Å². The number of aromatic nitrogens is 4. The standard InChI is InChI=1S/C32H58N5O7PS2/c1-4-6-7-8-9-10-11-12-13-14-15-16-17-18-21-47(46)22-20-43-45(39,44-26-41-32(38)40-19-5-2)27-42-28(3)23-37-25-36-29-30(33)34-24-35-31(29)37/h24-25,28H,4-23,26-27H2,1-3H3,(H2,33,34,35)/t28-,45?,47?/m1/s1. The Hall–Kier alpha value is -1.70. The number of anilines is 1. The van der Waals surface area contributed by atoms with Crippen LogP contribution in [0.25, 0.3) is 11.2 Å². The zero-order chi connectivity index (χ0) is 34.2. The molecule has 12 nitrogen and oxygen atoms in total. The maximum atomic E-state index is 13.6. The number of hydrogen-bond donors (Lipinski definition) is 1. The SMILES string of the molecule is CCCCCCCCCCCCCCCCS(=S)CCOP(=O)(CO[C@H](C)Cn1cnc2c(N)ncnc21)OCOC(=O)OCCC. The molecule has 0 aliphatic heterocycles. The predicted molar refractivity (Wildman–Crippen MR) is 192 cm³/mol. The van der Waals surface area contributed by atoms with Crippen LogP contribution in [-0.4, -0.2) is 69.6 Å². The van der Waals surface area contributed by atoms with Crippen LogP contribution in [0.4, 0.5) is 10.6 Å². The molecule has 0 saturated heterocycles. The van der Waals surface area contributed by atoms with Crippen molar-refractivity contribution in [1.82, 2.24) is 19.5 Å². The van der Waals surface area contributed by atoms with Gasteiger partial charge in [-0.25, -0.2) is 19.7 Å². The number of nitrogens with two attached hydrogens (primary N) is 1. The number of imidazole rings is 1. The third kappa shape index (κ3) is 18.6. The van der Waals surface area contributed by atoms with Crippen molar-refractivity contribution in [2.24, 2.45) is 0 Å². The molecule has 2 rings (SSSR count). The zero-order valence-corrected chi connectivity index (χ0v) is 31.3. The molecule has 0 aliphatic carbocycles. The Morgan fingerprint density at radius 3 is 2.15 bits per heavy atom. The minimum absolute atomic E-state index is 0.156. The average molecular weight is 720 g/mol. The number of hydrogen-bond acceptors (Lipinski definition) is 12. The molecule has 0 fully saturated rings. The smallest absolute Gasteiger partial charge is 0.434 e. The maximum Gasteiger partial charge on any atom is 0.510 e. The number of ether oxygens (including phenoxy) is 3. The first kappa shape index (κ1) is 41.5. The molecular formula is C32H58N5O7PS2. The lowest BCUT2D eigenvalue weighted by atomic mass is 10.0. The second-order valence-electron chi connectivity index (χ2n) is 11.8. The summed E-state index contributed by atoms with van der Waals surface area (Å²) in [6.07, 6.45) is 20.5. The lowest BCUT2D eigenvalue weighted by molar-refractivity contribution is -0.00757. The van der Waals surface area contributed by atoms with Gasteiger partial charge in [-0.1, -0.05) is 109 Å². The summed E-state index contributed by atoms with van der Waals surface area (Å²) in [4.78, 5) is 24.2. The number of unbranched alkanes of at least 4 members (excludes halogenated alkanes) is 13. The van der Waals surface area contributed by atoms with Crippen LogP contribution in [0.1, 0.15) is 117 Å². The third-order valence-electron chi connectivity index (χ3n) is 7.58. The molecule has 15 heteroatoms. The largest absolute Gasteiger partial charge is 0.510 e. The van der Waals surface area contributed by atoms with Crippen molar-refractivity contribution in [3.8, 4) is 0 Å². The van der Waals surface area contributed by atoms with Crippen molar-refractivity contribution in [3.63, 3.8) is 0 Å². The summed E-state index contributed by atoms with van der Waals surface area (Å²) in [7, 11) is -4.07. The Balaban J connectivity index is 1.68. The number of fused-ring (bicyclic) bond motifs is 1. The summed E-state index contributed by atoms with van der Waals surface area (Å²) < 4.78 is 42.1. The fourth-order valence-electron chi connectivity index (χ4n) is 4.90. The van der Waals surface area contributed by atoms with Gasteiger partial charge in [-0.05, 0) is 25.5 Å². The Labute approximate surface area is 288 Å². The van der Waals surface area contributed by atoms with E-state index in [-0.39, 0.29) is 34.8 Å². The van der Waals surface area contributed by atoms with Gasteiger partial charge in [-0.2, -0.15) is 0 Å². The molecule has 0 spiro atoms. The number of rotatable bonds is 29. The van der Waals surface area contributed by atoms with Crippen molar-refractivity contribution in [2.75, 3.05) is 43.6 Å². The van der Waals surface area contributed by atoms with E-state index in [4.69, 9.17) is 40.2 Å². The molecule has 0 amide bonds. The monoisotopic (exact) mass is 719 g/mol. The number of nitrogens with zero attached hydrogens (tertiary/aromatic N) is 4. The minimum Gasteiger partial charge on any atom is -0.434 e. The van der Waals surface area contributed by atoms with Gasteiger partial charge >= 0.3 is 13.8 Å². The van der Waals surface area contributed by atoms with E-state index in [2.05, 4.69) is 21.9 Å². The first-order chi connectivity index (χ1) is 22.8. The summed E-state index contributed by atoms with van der Waals surface area (Å²) >= 11 is 5.67. The van der Waals surface area contributed by atoms with Gasteiger partial charge in [0.1, 0.15) is 18.2 Å². The topological polar surface area (TPSA) is 150 Å². The summed E-state index contributed by atoms with van der Waals surface area (Å²) in [5, 5.41) is 0. The Morgan fingerprint density at radius 1 is 0.872 bits per heavy atom. The lowest BCUT2D eigenvalue weighted by Crippen LogP contribution is -2.19. The van der Waals surface area contributed by atoms with Crippen LogP contribution >= 0.6 is 7.60 Å². The van der Waals surface area contributed by atoms with Crippen LogP contribution in [0.15, 0.2) is 12.7 Å². The third-order valence-corrected chi connectivity index (χ3v) is 11.5. The van der Waals surface area contributed by atoms with E-state index in [9.17, 15) is 9.36 Å². The molecule has 2 aromatic heterocycles. The van der Waals surface area contributed by atoms with Gasteiger partial charge in [0.05, 0.1) is 32.2 Å². The molecule has 270 valence electrons. The molecule has 0 radical (unpaired) electrons. The van der Waals surface area contributed by atoms with Crippen LogP contribution < -0.4 is 5.73 Å². The van der Waals surface area contributed by atoms with Crippen molar-refractivity contribution in [2.45, 2.75) is 130 Å². The molecular weight excluding hydrogens is 661 g/mol. The highest BCUT2D eigenvalue weighted by Crippen LogP contribution is 2.48. The van der Waals surface area contributed by atoms with Gasteiger partial charge in [0.25, 0.3) is 0 Å². The fraction of sp³-hybridized carbons (Fsp3) is 0.812. The highest BCUT2D eigenvalue weighted by atomic mass is 32.8. The molecule has 2 unspecified atom stereocenters. The molecule has 2 heterocycles. The van der Waals surface area contributed by atoms with Crippen LogP contribution in [0.2, 0.25) is 0 Å². The van der Waals surface area contributed by atoms with Crippen molar-refractivity contribution in [1.29, 1.82) is 0 Å². The summed E-state index contributed by atoms with van der Waals surface area (Å²) in [5.74, 6) is 1.81. The Bertz CT molecular complexity index is 1210. The van der Waals surface area contributed by atoms with Gasteiger partial charge in [0.15, 0.2) is 11.5 Å². The van der Waals surface area contributed by atoms with Crippen molar-refractivity contribution >= 4 is 51.4 Å². The second kappa shape index (κ2) is 25.3. The molecule has 2 aromatic rings. The summed E-state index contributed by atoms with van der Waals surface area (Å²) in [6.45, 7) is 6.10. The normalized spacial score (nSPS) is 14.2. The zero-order valence-electron chi connectivity index (χ0n) is 28.8. The van der Waals surface area contributed by atoms with Gasteiger partial charge in [-0.3, -0.25) is 9.09 Å². The van der Waals surface area contributed by atoms with Gasteiger partial charge < -0.3 is 29.0 Å². The molecule has 0 bridgehead atoms. The first-order valence-corrected chi connectivity index (χ1v) is 21.5. The number of nitrogen functional groups attached to an aromatic ring is 1. The highest BCUT2D eigenvalue weighted by Gasteiger charge is 2.28. The molecule has 0 aromatic carbocycles. The van der Waals surface area contributed by atoms with Gasteiger partial charge in [0.2, 0.25) is 6.79 Å². The van der Waals surface area contributed by atoms with Crippen molar-refractivity contribution < 1.29 is 32.6 Å². The van der Waals surface area contributed by atoms with E-state index in [1.165, 1.54) is 89.8 Å². The summed E-state index contributed by atoms with van der Waals surface area (Å²) in [6, 6.07) is 0. The van der Waals surface area contributed by atoms with Gasteiger partial charge in [-0.15, -0.1) is 9.45 Å². The lowest BCUT2D eigenvalue weighted by Gasteiger charge is -2.21. The quantitative estimate of drug-likeness (QED) is 0.0375. The predicted octanol–water partition coefficient (Wildman–Crippen LogP) is 8.08. The maximum absolute atomic E-state index is 13.6.